The molecular weight excluding hydrogens is 389 g/mol. The minimum Gasteiger partial charge on any atom is -0.477 e. The Morgan fingerprint density at radius 3 is 2.72 bits per heavy atom. The highest BCUT2D eigenvalue weighted by Crippen LogP contribution is 2.54. The maximum atomic E-state index is 14.9. The van der Waals surface area contributed by atoms with E-state index in [0.717, 1.165) is 23.0 Å². The maximum absolute atomic E-state index is 14.9. The lowest BCUT2D eigenvalue weighted by Gasteiger charge is -2.63. The first-order valence-electron chi connectivity index (χ1n) is 9.02. The SMILES string of the molecule is CNC12CN(c3nc4c(cc3F)c(=O)c(C(=O)O)cn4C=CF)CC(CF)(C1)C2. The van der Waals surface area contributed by atoms with Crippen LogP contribution in [0.1, 0.15) is 23.2 Å². The summed E-state index contributed by atoms with van der Waals surface area (Å²) < 4.78 is 42.5. The van der Waals surface area contributed by atoms with Crippen molar-refractivity contribution in [2.45, 2.75) is 18.4 Å². The number of nitrogens with one attached hydrogen (secondary N) is 1. The van der Waals surface area contributed by atoms with Gasteiger partial charge >= 0.3 is 5.97 Å². The van der Waals surface area contributed by atoms with Gasteiger partial charge in [-0.25, -0.2) is 18.6 Å². The van der Waals surface area contributed by atoms with Crippen molar-refractivity contribution in [1.82, 2.24) is 14.9 Å². The molecule has 2 aromatic heterocycles. The number of carboxylic acid groups (broad SMARTS) is 1. The first-order valence-corrected chi connectivity index (χ1v) is 9.02. The number of aromatic carboxylic acids is 1. The van der Waals surface area contributed by atoms with E-state index >= 15 is 0 Å². The molecule has 0 unspecified atom stereocenters. The summed E-state index contributed by atoms with van der Waals surface area (Å²) in [5.74, 6) is -2.42. The molecule has 7 nitrogen and oxygen atoms in total. The quantitative estimate of drug-likeness (QED) is 0.789. The molecule has 0 aromatic carbocycles. The van der Waals surface area contributed by atoms with Gasteiger partial charge in [-0.05, 0) is 26.0 Å². The van der Waals surface area contributed by atoms with Crippen molar-refractivity contribution in [3.63, 3.8) is 0 Å². The largest absolute Gasteiger partial charge is 0.477 e. The molecule has 1 saturated carbocycles. The molecule has 2 aromatic rings. The minimum atomic E-state index is -1.51. The normalized spacial score (nSPS) is 26.1. The van der Waals surface area contributed by atoms with Crippen LogP contribution in [0.2, 0.25) is 0 Å². The highest BCUT2D eigenvalue weighted by Gasteiger charge is 2.59. The number of carbonyl (C=O) groups is 1. The average molecular weight is 408 g/mol. The Hall–Kier alpha value is -2.88. The number of nitrogens with zero attached hydrogens (tertiary/aromatic N) is 3. The third kappa shape index (κ3) is 2.89. The number of hydrogen-bond donors (Lipinski definition) is 2. The molecule has 154 valence electrons. The van der Waals surface area contributed by atoms with Gasteiger partial charge in [0.2, 0.25) is 5.43 Å². The zero-order valence-corrected chi connectivity index (χ0v) is 15.6. The number of alkyl halides is 1. The first kappa shape index (κ1) is 19.4. The Labute approximate surface area is 163 Å². The first-order chi connectivity index (χ1) is 13.8. The number of halogens is 3. The van der Waals surface area contributed by atoms with Crippen LogP contribution in [0.3, 0.4) is 0 Å². The van der Waals surface area contributed by atoms with Crippen LogP contribution in [-0.2, 0) is 0 Å². The lowest BCUT2D eigenvalue weighted by atomic mass is 9.54. The number of rotatable bonds is 5. The zero-order chi connectivity index (χ0) is 21.0. The van der Waals surface area contributed by atoms with Crippen LogP contribution >= 0.6 is 0 Å². The van der Waals surface area contributed by atoms with E-state index in [1.165, 1.54) is 0 Å². The molecule has 0 atom stereocenters. The Morgan fingerprint density at radius 2 is 2.14 bits per heavy atom. The smallest absolute Gasteiger partial charge is 0.341 e. The third-order valence-electron chi connectivity index (χ3n) is 5.95. The number of hydrogen-bond acceptors (Lipinski definition) is 5. The minimum absolute atomic E-state index is 0.0853. The molecule has 29 heavy (non-hydrogen) atoms. The average Bonchev–Trinajstić information content (AvgIpc) is 2.68. The molecule has 0 spiro atoms. The highest BCUT2D eigenvalue weighted by molar-refractivity contribution is 5.92. The van der Waals surface area contributed by atoms with Crippen molar-refractivity contribution >= 4 is 29.0 Å². The molecule has 5 rings (SSSR count). The summed E-state index contributed by atoms with van der Waals surface area (Å²) in [6, 6.07) is 0.906. The summed E-state index contributed by atoms with van der Waals surface area (Å²) in [7, 11) is 1.77. The van der Waals surface area contributed by atoms with E-state index in [-0.39, 0.29) is 35.3 Å². The van der Waals surface area contributed by atoms with Crippen molar-refractivity contribution in [2.24, 2.45) is 5.41 Å². The molecule has 10 heteroatoms. The predicted molar refractivity (Wildman–Crippen MR) is 101 cm³/mol. The number of pyridine rings is 2. The Balaban J connectivity index is 1.88. The molecule has 4 heterocycles. The molecule has 0 amide bonds. The summed E-state index contributed by atoms with van der Waals surface area (Å²) in [4.78, 5) is 29.6. The van der Waals surface area contributed by atoms with Crippen LogP contribution in [0.4, 0.5) is 19.0 Å². The molecule has 3 fully saturated rings. The summed E-state index contributed by atoms with van der Waals surface area (Å²) >= 11 is 0. The molecule has 0 radical (unpaired) electrons. The van der Waals surface area contributed by atoms with Crippen molar-refractivity contribution in [1.29, 1.82) is 0 Å². The second-order valence-electron chi connectivity index (χ2n) is 7.90. The Bertz CT molecular complexity index is 1070. The molecule has 2 aliphatic heterocycles. The van der Waals surface area contributed by atoms with E-state index in [4.69, 9.17) is 0 Å². The Kier molecular flexibility index (Phi) is 4.41. The monoisotopic (exact) mass is 408 g/mol. The summed E-state index contributed by atoms with van der Waals surface area (Å²) in [5, 5.41) is 12.1. The molecule has 1 aliphatic carbocycles. The van der Waals surface area contributed by atoms with E-state index < -0.39 is 34.9 Å². The van der Waals surface area contributed by atoms with Gasteiger partial charge in [0.15, 0.2) is 17.3 Å². The number of likely N-dealkylation sites (N-methyl/N-ethyl adjacent to an activating group) is 1. The van der Waals surface area contributed by atoms with E-state index in [1.54, 1.807) is 11.9 Å². The van der Waals surface area contributed by atoms with E-state index in [2.05, 4.69) is 10.3 Å². The van der Waals surface area contributed by atoms with Gasteiger partial charge in [0.05, 0.1) is 12.1 Å². The number of fused-ring (bicyclic) bond motifs is 3. The fourth-order valence-corrected chi connectivity index (χ4v) is 4.76. The Morgan fingerprint density at radius 1 is 1.41 bits per heavy atom. The lowest BCUT2D eigenvalue weighted by Crippen LogP contribution is -2.73. The van der Waals surface area contributed by atoms with Crippen LogP contribution in [0.5, 0.6) is 0 Å². The van der Waals surface area contributed by atoms with Crippen LogP contribution in [0.15, 0.2) is 23.4 Å². The van der Waals surface area contributed by atoms with Crippen LogP contribution < -0.4 is 15.6 Å². The van der Waals surface area contributed by atoms with E-state index in [1.807, 2.05) is 0 Å². The highest BCUT2D eigenvalue weighted by atomic mass is 19.1. The molecule has 3 aliphatic rings. The third-order valence-corrected chi connectivity index (χ3v) is 5.95. The van der Waals surface area contributed by atoms with Crippen molar-refractivity contribution in [3.8, 4) is 0 Å². The van der Waals surface area contributed by atoms with Gasteiger partial charge in [-0.1, -0.05) is 0 Å². The van der Waals surface area contributed by atoms with Gasteiger partial charge in [-0.15, -0.1) is 0 Å². The number of piperidine rings is 2. The fourth-order valence-electron chi connectivity index (χ4n) is 4.76. The fraction of sp³-hybridized carbons (Fsp3) is 0.421. The van der Waals surface area contributed by atoms with Crippen LogP contribution in [0.25, 0.3) is 17.2 Å². The van der Waals surface area contributed by atoms with Crippen LogP contribution in [-0.4, -0.2) is 53.0 Å². The van der Waals surface area contributed by atoms with Gasteiger partial charge in [0, 0.05) is 36.4 Å². The number of carboxylic acids is 1. The van der Waals surface area contributed by atoms with Gasteiger partial charge in [0.1, 0.15) is 11.9 Å². The molecular formula is C19H19F3N4O3. The van der Waals surface area contributed by atoms with E-state index in [9.17, 15) is 27.9 Å². The lowest BCUT2D eigenvalue weighted by molar-refractivity contribution is -0.0334. The summed E-state index contributed by atoms with van der Waals surface area (Å²) in [6.07, 6.45) is 3.24. The zero-order valence-electron chi connectivity index (χ0n) is 15.6. The number of anilines is 1. The maximum Gasteiger partial charge on any atom is 0.341 e. The molecule has 2 saturated heterocycles. The molecule has 2 bridgehead atoms. The van der Waals surface area contributed by atoms with Crippen molar-refractivity contribution < 1.29 is 23.1 Å². The standard InChI is InChI=1S/C19H19F3N4O3/c1-23-19-6-18(7-19,8-21)9-26(10-19)16-13(22)4-11-14(27)12(17(28)29)5-25(3-2-20)15(11)24-16/h2-5,23H,6-10H2,1H3,(H,28,29). The summed E-state index contributed by atoms with van der Waals surface area (Å²) in [6.45, 7) is 0.120. The number of aromatic nitrogens is 2. The van der Waals surface area contributed by atoms with Gasteiger partial charge in [-0.2, -0.15) is 0 Å². The second-order valence-corrected chi connectivity index (χ2v) is 7.90. The van der Waals surface area contributed by atoms with Crippen molar-refractivity contribution in [2.75, 3.05) is 31.7 Å². The predicted octanol–water partition coefficient (Wildman–Crippen LogP) is 2.16. The topological polar surface area (TPSA) is 87.5 Å². The van der Waals surface area contributed by atoms with E-state index in [0.29, 0.717) is 19.4 Å². The second kappa shape index (κ2) is 6.58. The van der Waals surface area contributed by atoms with Gasteiger partial charge in [-0.3, -0.25) is 9.18 Å². The van der Waals surface area contributed by atoms with Gasteiger partial charge < -0.3 is 19.9 Å². The van der Waals surface area contributed by atoms with Gasteiger partial charge in [0.25, 0.3) is 0 Å². The van der Waals surface area contributed by atoms with Crippen LogP contribution in [0, 0.1) is 11.2 Å². The van der Waals surface area contributed by atoms with Crippen molar-refractivity contribution in [3.05, 3.63) is 40.2 Å². The summed E-state index contributed by atoms with van der Waals surface area (Å²) in [5.41, 5.74) is -2.57. The molecule has 2 N–H and O–H groups in total.